The van der Waals surface area contributed by atoms with Crippen molar-refractivity contribution in [3.8, 4) is 11.1 Å². The second-order valence-corrected chi connectivity index (χ2v) is 5.59. The van der Waals surface area contributed by atoms with Crippen LogP contribution in [0.4, 0.5) is 10.6 Å². The van der Waals surface area contributed by atoms with Crippen LogP contribution in [0.3, 0.4) is 0 Å². The minimum atomic E-state index is -0.267. The third-order valence-electron chi connectivity index (χ3n) is 3.66. The standard InChI is InChI=1S/C20H19N3O/c1-15-5-4-6-18(13-15)17-10-8-16(9-11-17)14-22-20(24)23-19-7-2-3-12-21-19/h2-13H,14H2,1H3,(H2,21,22,23,24). The van der Waals surface area contributed by atoms with Crippen LogP contribution in [0.1, 0.15) is 11.1 Å². The second-order valence-electron chi connectivity index (χ2n) is 5.59. The SMILES string of the molecule is Cc1cccc(-c2ccc(CNC(=O)Nc3ccccn3)cc2)c1. The van der Waals surface area contributed by atoms with Gasteiger partial charge in [0.2, 0.25) is 0 Å². The minimum Gasteiger partial charge on any atom is -0.334 e. The van der Waals surface area contributed by atoms with Gasteiger partial charge in [0.05, 0.1) is 0 Å². The quantitative estimate of drug-likeness (QED) is 0.750. The first kappa shape index (κ1) is 15.7. The summed E-state index contributed by atoms with van der Waals surface area (Å²) in [5.74, 6) is 0.532. The number of rotatable bonds is 4. The number of carbonyl (C=O) groups is 1. The zero-order valence-electron chi connectivity index (χ0n) is 13.5. The minimum absolute atomic E-state index is 0.267. The second kappa shape index (κ2) is 7.42. The van der Waals surface area contributed by atoms with Gasteiger partial charge in [-0.2, -0.15) is 0 Å². The Hall–Kier alpha value is -3.14. The first-order valence-corrected chi connectivity index (χ1v) is 7.82. The highest BCUT2D eigenvalue weighted by Gasteiger charge is 2.03. The van der Waals surface area contributed by atoms with Gasteiger partial charge in [-0.25, -0.2) is 9.78 Å². The number of aromatic nitrogens is 1. The Bertz CT molecular complexity index is 814. The largest absolute Gasteiger partial charge is 0.334 e. The number of amides is 2. The van der Waals surface area contributed by atoms with E-state index in [1.165, 1.54) is 16.7 Å². The molecule has 0 saturated heterocycles. The number of benzene rings is 2. The molecule has 4 heteroatoms. The van der Waals surface area contributed by atoms with Crippen LogP contribution in [-0.2, 0) is 6.54 Å². The Kier molecular flexibility index (Phi) is 4.87. The molecule has 0 unspecified atom stereocenters. The smallest absolute Gasteiger partial charge is 0.320 e. The van der Waals surface area contributed by atoms with Gasteiger partial charge >= 0.3 is 6.03 Å². The molecule has 1 heterocycles. The molecule has 0 aliphatic rings. The van der Waals surface area contributed by atoms with Crippen molar-refractivity contribution in [3.05, 3.63) is 84.1 Å². The Morgan fingerprint density at radius 3 is 2.50 bits per heavy atom. The summed E-state index contributed by atoms with van der Waals surface area (Å²) >= 11 is 0. The van der Waals surface area contributed by atoms with Gasteiger partial charge in [-0.15, -0.1) is 0 Å². The molecule has 0 radical (unpaired) electrons. The monoisotopic (exact) mass is 317 g/mol. The predicted molar refractivity (Wildman–Crippen MR) is 96.7 cm³/mol. The molecule has 1 aromatic heterocycles. The molecule has 0 spiro atoms. The zero-order valence-corrected chi connectivity index (χ0v) is 13.5. The number of hydrogen-bond donors (Lipinski definition) is 2. The molecule has 0 bridgehead atoms. The molecule has 0 saturated carbocycles. The predicted octanol–water partition coefficient (Wildman–Crippen LogP) is 4.38. The average Bonchev–Trinajstić information content (AvgIpc) is 2.61. The van der Waals surface area contributed by atoms with Gasteiger partial charge in [0, 0.05) is 12.7 Å². The van der Waals surface area contributed by atoms with Gasteiger partial charge in [0.1, 0.15) is 5.82 Å². The van der Waals surface area contributed by atoms with Crippen molar-refractivity contribution >= 4 is 11.8 Å². The Labute approximate surface area is 141 Å². The van der Waals surface area contributed by atoms with Gasteiger partial charge < -0.3 is 5.32 Å². The fraction of sp³-hybridized carbons (Fsp3) is 0.100. The van der Waals surface area contributed by atoms with Crippen molar-refractivity contribution < 1.29 is 4.79 Å². The molecule has 2 amide bonds. The van der Waals surface area contributed by atoms with Gasteiger partial charge in [-0.3, -0.25) is 5.32 Å². The van der Waals surface area contributed by atoms with Crippen molar-refractivity contribution in [1.29, 1.82) is 0 Å². The first-order chi connectivity index (χ1) is 11.7. The van der Waals surface area contributed by atoms with E-state index in [0.717, 1.165) is 5.56 Å². The number of aryl methyl sites for hydroxylation is 1. The molecular formula is C20H19N3O. The molecular weight excluding hydrogens is 298 g/mol. The van der Waals surface area contributed by atoms with Gasteiger partial charge in [0.25, 0.3) is 0 Å². The lowest BCUT2D eigenvalue weighted by molar-refractivity contribution is 0.251. The van der Waals surface area contributed by atoms with Crippen LogP contribution in [0, 0.1) is 6.92 Å². The molecule has 0 fully saturated rings. The number of pyridine rings is 1. The fourth-order valence-corrected chi connectivity index (χ4v) is 2.42. The molecule has 3 aromatic rings. The first-order valence-electron chi connectivity index (χ1n) is 7.82. The third kappa shape index (κ3) is 4.20. The van der Waals surface area contributed by atoms with Gasteiger partial charge in [-0.1, -0.05) is 60.2 Å². The topological polar surface area (TPSA) is 54.0 Å². The summed E-state index contributed by atoms with van der Waals surface area (Å²) in [6.45, 7) is 2.55. The molecule has 0 aliphatic carbocycles. The van der Waals surface area contributed by atoms with Crippen molar-refractivity contribution in [2.24, 2.45) is 0 Å². The van der Waals surface area contributed by atoms with E-state index in [4.69, 9.17) is 0 Å². The van der Waals surface area contributed by atoms with Crippen molar-refractivity contribution in [1.82, 2.24) is 10.3 Å². The Balaban J connectivity index is 1.57. The number of nitrogens with one attached hydrogen (secondary N) is 2. The summed E-state index contributed by atoms with van der Waals surface area (Å²) in [7, 11) is 0. The molecule has 120 valence electrons. The number of nitrogens with zero attached hydrogens (tertiary/aromatic N) is 1. The maximum Gasteiger partial charge on any atom is 0.320 e. The molecule has 4 nitrogen and oxygen atoms in total. The van der Waals surface area contributed by atoms with Gasteiger partial charge in [0.15, 0.2) is 0 Å². The van der Waals surface area contributed by atoms with Crippen molar-refractivity contribution in [2.45, 2.75) is 13.5 Å². The number of carbonyl (C=O) groups excluding carboxylic acids is 1. The van der Waals surface area contributed by atoms with Crippen molar-refractivity contribution in [3.63, 3.8) is 0 Å². The number of urea groups is 1. The molecule has 3 rings (SSSR count). The maximum atomic E-state index is 11.8. The van der Waals surface area contributed by atoms with Crippen LogP contribution in [0.2, 0.25) is 0 Å². The molecule has 24 heavy (non-hydrogen) atoms. The van der Waals surface area contributed by atoms with Crippen LogP contribution >= 0.6 is 0 Å². The van der Waals surface area contributed by atoms with E-state index in [1.807, 2.05) is 18.2 Å². The van der Waals surface area contributed by atoms with E-state index in [-0.39, 0.29) is 6.03 Å². The average molecular weight is 317 g/mol. The lowest BCUT2D eigenvalue weighted by Crippen LogP contribution is -2.28. The van der Waals surface area contributed by atoms with E-state index in [1.54, 1.807) is 18.3 Å². The highest BCUT2D eigenvalue weighted by molar-refractivity contribution is 5.88. The van der Waals surface area contributed by atoms with Crippen LogP contribution in [0.5, 0.6) is 0 Å². The third-order valence-corrected chi connectivity index (χ3v) is 3.66. The summed E-state index contributed by atoms with van der Waals surface area (Å²) in [5.41, 5.74) is 4.65. The van der Waals surface area contributed by atoms with Crippen LogP contribution < -0.4 is 10.6 Å². The van der Waals surface area contributed by atoms with E-state index in [2.05, 4.69) is 58.9 Å². The van der Waals surface area contributed by atoms with E-state index in [0.29, 0.717) is 12.4 Å². The lowest BCUT2D eigenvalue weighted by atomic mass is 10.0. The fourth-order valence-electron chi connectivity index (χ4n) is 2.42. The van der Waals surface area contributed by atoms with Gasteiger partial charge in [-0.05, 0) is 35.7 Å². The van der Waals surface area contributed by atoms with Crippen LogP contribution in [0.25, 0.3) is 11.1 Å². The zero-order chi connectivity index (χ0) is 16.8. The molecule has 2 aromatic carbocycles. The van der Waals surface area contributed by atoms with E-state index >= 15 is 0 Å². The highest BCUT2D eigenvalue weighted by Crippen LogP contribution is 2.20. The summed E-state index contributed by atoms with van der Waals surface area (Å²) in [6, 6.07) is 21.7. The van der Waals surface area contributed by atoms with Crippen molar-refractivity contribution in [2.75, 3.05) is 5.32 Å². The Morgan fingerprint density at radius 1 is 0.958 bits per heavy atom. The number of anilines is 1. The van der Waals surface area contributed by atoms with Crippen LogP contribution in [-0.4, -0.2) is 11.0 Å². The summed E-state index contributed by atoms with van der Waals surface area (Å²) in [5, 5.41) is 5.52. The highest BCUT2D eigenvalue weighted by atomic mass is 16.2. The molecule has 0 aliphatic heterocycles. The summed E-state index contributed by atoms with van der Waals surface area (Å²) in [6.07, 6.45) is 1.64. The summed E-state index contributed by atoms with van der Waals surface area (Å²) in [4.78, 5) is 15.9. The molecule has 0 atom stereocenters. The number of hydrogen-bond acceptors (Lipinski definition) is 2. The lowest BCUT2D eigenvalue weighted by Gasteiger charge is -2.08. The van der Waals surface area contributed by atoms with E-state index in [9.17, 15) is 4.79 Å². The molecule has 2 N–H and O–H groups in total. The summed E-state index contributed by atoms with van der Waals surface area (Å²) < 4.78 is 0. The van der Waals surface area contributed by atoms with Crippen LogP contribution in [0.15, 0.2) is 72.9 Å². The normalized spacial score (nSPS) is 10.2. The maximum absolute atomic E-state index is 11.8. The van der Waals surface area contributed by atoms with E-state index < -0.39 is 0 Å². The Morgan fingerprint density at radius 2 is 1.79 bits per heavy atom.